The number of hydrogen-bond donors (Lipinski definition) is 1. The first kappa shape index (κ1) is 77.9. The van der Waals surface area contributed by atoms with Gasteiger partial charge in [-0.05, 0) is 32.1 Å². The molecule has 79 heavy (non-hydrogen) atoms. The standard InChI is InChI=1S/C58H117NO20/c1-2-3-4-5-6-7-8-9-10-11-12-13-14-15-16-17-19-60-21-23-62-25-27-64-29-31-66-33-35-68-37-39-70-41-43-72-45-47-74-49-51-76-53-55-78-57-58-79-56-54-77-52-50-75-48-46-73-44-42-71-40-38-69-36-34-67-32-30-65-28-26-63-24-22-61-20-18-59/h12-13H,2-11,14-59H2,1H3/b13-12+. The lowest BCUT2D eigenvalue weighted by Gasteiger charge is -2.09. The molecule has 0 bridgehead atoms. The molecular weight excluding hydrogens is 1030 g/mol. The summed E-state index contributed by atoms with van der Waals surface area (Å²) < 4.78 is 110. The first-order valence-electron chi connectivity index (χ1n) is 30.3. The summed E-state index contributed by atoms with van der Waals surface area (Å²) in [6, 6.07) is 0. The molecule has 0 amide bonds. The van der Waals surface area contributed by atoms with Crippen LogP contribution in [0.5, 0.6) is 0 Å². The van der Waals surface area contributed by atoms with E-state index in [9.17, 15) is 0 Å². The Morgan fingerprint density at radius 2 is 0.329 bits per heavy atom. The van der Waals surface area contributed by atoms with Crippen molar-refractivity contribution in [3.05, 3.63) is 12.2 Å². The van der Waals surface area contributed by atoms with Crippen LogP contribution in [0, 0.1) is 0 Å². The lowest BCUT2D eigenvalue weighted by atomic mass is 10.1. The monoisotopic (exact) mass is 1150 g/mol. The first-order chi connectivity index (χ1) is 39.4. The summed E-state index contributed by atoms with van der Waals surface area (Å²) in [5, 5.41) is 0. The summed E-state index contributed by atoms with van der Waals surface area (Å²) in [5.74, 6) is 0. The molecule has 0 saturated carbocycles. The van der Waals surface area contributed by atoms with Crippen molar-refractivity contribution >= 4 is 0 Å². The smallest absolute Gasteiger partial charge is 0.0701 e. The van der Waals surface area contributed by atoms with Crippen molar-refractivity contribution < 1.29 is 94.7 Å². The highest BCUT2D eigenvalue weighted by atomic mass is 16.6. The van der Waals surface area contributed by atoms with Gasteiger partial charge in [-0.2, -0.15) is 0 Å². The Bertz CT molecular complexity index is 1080. The van der Waals surface area contributed by atoms with Crippen LogP contribution in [0.3, 0.4) is 0 Å². The third-order valence-electron chi connectivity index (χ3n) is 11.1. The molecule has 0 fully saturated rings. The molecule has 0 saturated heterocycles. The van der Waals surface area contributed by atoms with Gasteiger partial charge in [0.25, 0.3) is 0 Å². The summed E-state index contributed by atoms with van der Waals surface area (Å²) in [5.41, 5.74) is 5.35. The van der Waals surface area contributed by atoms with E-state index in [1.54, 1.807) is 0 Å². The third kappa shape index (κ3) is 76.9. The highest BCUT2D eigenvalue weighted by Crippen LogP contribution is 2.11. The SMILES string of the molecule is CCCCCCCCCCC/C=C/CCCCCOCCOCCOCCOCCOCCOCCOCCOCCOCCOCCOCCOCCOCCOCCOCCOCCOCCOCCOCCOCCN. The Hall–Kier alpha value is -1.10. The molecule has 0 aliphatic heterocycles. The molecule has 21 heteroatoms. The van der Waals surface area contributed by atoms with Crippen molar-refractivity contribution in [1.29, 1.82) is 0 Å². The van der Waals surface area contributed by atoms with Crippen LogP contribution >= 0.6 is 0 Å². The molecule has 0 heterocycles. The van der Waals surface area contributed by atoms with E-state index in [2.05, 4.69) is 19.1 Å². The zero-order valence-electron chi connectivity index (χ0n) is 49.8. The van der Waals surface area contributed by atoms with Gasteiger partial charge in [0.05, 0.1) is 258 Å². The zero-order chi connectivity index (χ0) is 56.4. The van der Waals surface area contributed by atoms with Gasteiger partial charge in [-0.15, -0.1) is 0 Å². The van der Waals surface area contributed by atoms with Crippen LogP contribution in [0.2, 0.25) is 0 Å². The fraction of sp³-hybridized carbons (Fsp3) is 0.966. The molecule has 0 atom stereocenters. The minimum Gasteiger partial charge on any atom is -0.379 e. The quantitative estimate of drug-likeness (QED) is 0.0522. The minimum atomic E-state index is 0.493. The van der Waals surface area contributed by atoms with E-state index in [4.69, 9.17) is 100 Å². The molecule has 0 unspecified atom stereocenters. The number of hydrogen-bond acceptors (Lipinski definition) is 21. The van der Waals surface area contributed by atoms with E-state index in [0.717, 1.165) is 13.0 Å². The minimum absolute atomic E-state index is 0.493. The molecule has 0 aromatic carbocycles. The second-order valence-corrected chi connectivity index (χ2v) is 18.0. The summed E-state index contributed by atoms with van der Waals surface area (Å²) in [7, 11) is 0. The molecule has 0 spiro atoms. The van der Waals surface area contributed by atoms with Crippen LogP contribution < -0.4 is 5.73 Å². The first-order valence-corrected chi connectivity index (χ1v) is 30.3. The van der Waals surface area contributed by atoms with Crippen LogP contribution in [0.25, 0.3) is 0 Å². The number of rotatable bonds is 75. The van der Waals surface area contributed by atoms with Crippen LogP contribution in [0.1, 0.15) is 96.8 Å². The number of nitrogens with two attached hydrogens (primary N) is 1. The molecule has 474 valence electrons. The van der Waals surface area contributed by atoms with Gasteiger partial charge in [0.15, 0.2) is 0 Å². The van der Waals surface area contributed by atoms with Crippen molar-refractivity contribution in [2.75, 3.05) is 271 Å². The summed E-state index contributed by atoms with van der Waals surface area (Å²) in [4.78, 5) is 0. The second-order valence-electron chi connectivity index (χ2n) is 18.0. The third-order valence-corrected chi connectivity index (χ3v) is 11.1. The van der Waals surface area contributed by atoms with Gasteiger partial charge in [-0.25, -0.2) is 0 Å². The maximum Gasteiger partial charge on any atom is 0.0701 e. The summed E-state index contributed by atoms with van der Waals surface area (Å²) in [6.07, 6.45) is 23.3. The van der Waals surface area contributed by atoms with Gasteiger partial charge in [0, 0.05) is 13.2 Å². The van der Waals surface area contributed by atoms with Gasteiger partial charge in [-0.1, -0.05) is 76.9 Å². The Balaban J connectivity index is 3.09. The maximum absolute atomic E-state index is 5.69. The highest BCUT2D eigenvalue weighted by Gasteiger charge is 2.00. The normalized spacial score (nSPS) is 11.9. The van der Waals surface area contributed by atoms with E-state index in [-0.39, 0.29) is 0 Å². The summed E-state index contributed by atoms with van der Waals surface area (Å²) in [6.45, 7) is 23.7. The molecule has 0 aromatic heterocycles. The lowest BCUT2D eigenvalue weighted by molar-refractivity contribution is -0.0314. The molecule has 2 N–H and O–H groups in total. The van der Waals surface area contributed by atoms with E-state index >= 15 is 0 Å². The number of unbranched alkanes of at least 4 members (excludes halogenated alkanes) is 12. The predicted octanol–water partition coefficient (Wildman–Crippen LogP) is 6.31. The van der Waals surface area contributed by atoms with Crippen molar-refractivity contribution in [1.82, 2.24) is 0 Å². The largest absolute Gasteiger partial charge is 0.379 e. The maximum atomic E-state index is 5.69. The van der Waals surface area contributed by atoms with Crippen molar-refractivity contribution in [3.63, 3.8) is 0 Å². The molecular formula is C58H117NO20. The molecule has 0 aromatic rings. The van der Waals surface area contributed by atoms with Crippen molar-refractivity contribution in [2.45, 2.75) is 96.8 Å². The van der Waals surface area contributed by atoms with Crippen LogP contribution in [0.4, 0.5) is 0 Å². The van der Waals surface area contributed by atoms with Crippen molar-refractivity contribution in [3.8, 4) is 0 Å². The average molecular weight is 1150 g/mol. The zero-order valence-corrected chi connectivity index (χ0v) is 49.8. The molecule has 0 rings (SSSR count). The fourth-order valence-corrected chi connectivity index (χ4v) is 6.82. The molecule has 21 nitrogen and oxygen atoms in total. The molecule has 0 radical (unpaired) electrons. The lowest BCUT2D eigenvalue weighted by Crippen LogP contribution is -2.16. The van der Waals surface area contributed by atoms with Crippen LogP contribution in [-0.4, -0.2) is 271 Å². The van der Waals surface area contributed by atoms with E-state index in [0.29, 0.717) is 264 Å². The molecule has 0 aliphatic carbocycles. The van der Waals surface area contributed by atoms with E-state index in [1.807, 2.05) is 0 Å². The fourth-order valence-electron chi connectivity index (χ4n) is 6.82. The van der Waals surface area contributed by atoms with E-state index < -0.39 is 0 Å². The topological polar surface area (TPSA) is 211 Å². The predicted molar refractivity (Wildman–Crippen MR) is 305 cm³/mol. The average Bonchev–Trinajstić information content (AvgIpc) is 3.46. The van der Waals surface area contributed by atoms with E-state index in [1.165, 1.54) is 83.5 Å². The van der Waals surface area contributed by atoms with Crippen LogP contribution in [0.15, 0.2) is 12.2 Å². The Kier molecular flexibility index (Phi) is 75.8. The number of allylic oxidation sites excluding steroid dienone is 2. The van der Waals surface area contributed by atoms with Gasteiger partial charge in [0.1, 0.15) is 0 Å². The molecule has 0 aliphatic rings. The van der Waals surface area contributed by atoms with Gasteiger partial charge < -0.3 is 100 Å². The summed E-state index contributed by atoms with van der Waals surface area (Å²) >= 11 is 0. The highest BCUT2D eigenvalue weighted by molar-refractivity contribution is 4.81. The number of ether oxygens (including phenoxy) is 20. The van der Waals surface area contributed by atoms with Gasteiger partial charge in [0.2, 0.25) is 0 Å². The van der Waals surface area contributed by atoms with Crippen molar-refractivity contribution in [2.24, 2.45) is 5.73 Å². The van der Waals surface area contributed by atoms with Gasteiger partial charge >= 0.3 is 0 Å². The Morgan fingerprint density at radius 3 is 0.519 bits per heavy atom. The second kappa shape index (κ2) is 76.9. The Morgan fingerprint density at radius 1 is 0.177 bits per heavy atom. The Labute approximate surface area is 478 Å². The van der Waals surface area contributed by atoms with Crippen LogP contribution in [-0.2, 0) is 94.7 Å². The van der Waals surface area contributed by atoms with Gasteiger partial charge in [-0.3, -0.25) is 0 Å².